The van der Waals surface area contributed by atoms with Crippen LogP contribution in [-0.4, -0.2) is 35.1 Å². The first-order valence-corrected chi connectivity index (χ1v) is 11.1. The number of benzene rings is 1. The van der Waals surface area contributed by atoms with E-state index < -0.39 is 0 Å². The molecule has 1 fully saturated rings. The van der Waals surface area contributed by atoms with Gasteiger partial charge in [0.1, 0.15) is 0 Å². The molecule has 1 saturated heterocycles. The molecule has 0 bridgehead atoms. The summed E-state index contributed by atoms with van der Waals surface area (Å²) in [5.41, 5.74) is 4.44. The third-order valence-corrected chi connectivity index (χ3v) is 6.64. The minimum atomic E-state index is 0.0436. The predicted molar refractivity (Wildman–Crippen MR) is 119 cm³/mol. The maximum atomic E-state index is 12.6. The minimum Gasteiger partial charge on any atom is -0.381 e. The predicted octanol–water partition coefficient (Wildman–Crippen LogP) is 4.61. The van der Waals surface area contributed by atoms with E-state index in [4.69, 9.17) is 4.74 Å². The van der Waals surface area contributed by atoms with Crippen molar-refractivity contribution >= 4 is 17.5 Å². The summed E-state index contributed by atoms with van der Waals surface area (Å²) >= 11 is 0. The molecule has 3 atom stereocenters. The molecule has 30 heavy (non-hydrogen) atoms. The summed E-state index contributed by atoms with van der Waals surface area (Å²) in [6.07, 6.45) is 4.77. The summed E-state index contributed by atoms with van der Waals surface area (Å²) in [5, 5.41) is 3.60. The third kappa shape index (κ3) is 3.93. The van der Waals surface area contributed by atoms with Crippen LogP contribution in [0.5, 0.6) is 0 Å². The molecule has 1 aromatic carbocycles. The van der Waals surface area contributed by atoms with Crippen LogP contribution in [-0.2, 0) is 9.53 Å². The number of fused-ring (bicyclic) bond motifs is 1. The van der Waals surface area contributed by atoms with Gasteiger partial charge >= 0.3 is 0 Å². The molecule has 1 N–H and O–H groups in total. The first-order chi connectivity index (χ1) is 14.5. The Morgan fingerprint density at radius 2 is 2.03 bits per heavy atom. The van der Waals surface area contributed by atoms with Crippen LogP contribution < -0.4 is 10.2 Å². The van der Waals surface area contributed by atoms with Gasteiger partial charge in [-0.1, -0.05) is 26.0 Å². The molecule has 0 aliphatic carbocycles. The van der Waals surface area contributed by atoms with Crippen LogP contribution in [0.2, 0.25) is 0 Å². The van der Waals surface area contributed by atoms with Crippen LogP contribution >= 0.6 is 0 Å². The van der Waals surface area contributed by atoms with Crippen LogP contribution in [0.15, 0.2) is 30.5 Å². The van der Waals surface area contributed by atoms with Crippen molar-refractivity contribution in [3.63, 3.8) is 0 Å². The van der Waals surface area contributed by atoms with Crippen molar-refractivity contribution in [2.75, 3.05) is 23.4 Å². The fourth-order valence-electron chi connectivity index (χ4n) is 5.07. The summed E-state index contributed by atoms with van der Waals surface area (Å²) in [5.74, 6) is 1.46. The average molecular weight is 409 g/mol. The number of nitrogens with one attached hydrogen (secondary N) is 1. The highest BCUT2D eigenvalue weighted by atomic mass is 16.5. The second-order valence-electron chi connectivity index (χ2n) is 8.57. The molecule has 2 aliphatic heterocycles. The van der Waals surface area contributed by atoms with E-state index in [1.807, 2.05) is 17.9 Å². The molecule has 0 radical (unpaired) electrons. The number of hydrogen-bond donors (Lipinski definition) is 1. The number of ether oxygens (including phenoxy) is 1. The number of anilines is 2. The molecule has 2 aromatic rings. The van der Waals surface area contributed by atoms with Gasteiger partial charge in [0, 0.05) is 49.7 Å². The smallest absolute Gasteiger partial charge is 0.224 e. The lowest BCUT2D eigenvalue weighted by molar-refractivity contribution is -0.117. The summed E-state index contributed by atoms with van der Waals surface area (Å²) in [6.45, 7) is 9.65. The molecule has 0 unspecified atom stereocenters. The van der Waals surface area contributed by atoms with Crippen LogP contribution in [0.1, 0.15) is 68.8 Å². The van der Waals surface area contributed by atoms with Crippen LogP contribution in [0, 0.1) is 12.8 Å². The van der Waals surface area contributed by atoms with Gasteiger partial charge in [0.2, 0.25) is 11.9 Å². The summed E-state index contributed by atoms with van der Waals surface area (Å²) < 4.78 is 5.56. The summed E-state index contributed by atoms with van der Waals surface area (Å²) in [7, 11) is 0. The molecule has 1 amide bonds. The molecule has 1 aromatic heterocycles. The number of aryl methyl sites for hydroxylation is 1. The van der Waals surface area contributed by atoms with Gasteiger partial charge in [-0.25, -0.2) is 9.97 Å². The van der Waals surface area contributed by atoms with E-state index in [2.05, 4.69) is 47.3 Å². The van der Waals surface area contributed by atoms with Crippen molar-refractivity contribution in [2.24, 2.45) is 5.92 Å². The van der Waals surface area contributed by atoms with Gasteiger partial charge in [0.25, 0.3) is 0 Å². The highest BCUT2D eigenvalue weighted by Crippen LogP contribution is 2.44. The molecule has 4 rings (SSSR count). The number of nitrogens with zero attached hydrogens (tertiary/aromatic N) is 3. The van der Waals surface area contributed by atoms with E-state index in [1.54, 1.807) is 13.1 Å². The number of rotatable bonds is 4. The largest absolute Gasteiger partial charge is 0.381 e. The molecule has 0 spiro atoms. The summed E-state index contributed by atoms with van der Waals surface area (Å²) in [4.78, 5) is 23.6. The maximum Gasteiger partial charge on any atom is 0.224 e. The van der Waals surface area contributed by atoms with Gasteiger partial charge < -0.3 is 15.0 Å². The zero-order chi connectivity index (χ0) is 21.3. The Kier molecular flexibility index (Phi) is 6.04. The van der Waals surface area contributed by atoms with Gasteiger partial charge in [0.15, 0.2) is 0 Å². The Morgan fingerprint density at radius 3 is 2.70 bits per heavy atom. The maximum absolute atomic E-state index is 12.6. The average Bonchev–Trinajstić information content (AvgIpc) is 2.75. The van der Waals surface area contributed by atoms with Gasteiger partial charge in [-0.2, -0.15) is 0 Å². The quantitative estimate of drug-likeness (QED) is 0.800. The Balaban J connectivity index is 1.78. The Morgan fingerprint density at radius 1 is 1.27 bits per heavy atom. The lowest BCUT2D eigenvalue weighted by Gasteiger charge is -2.45. The van der Waals surface area contributed by atoms with E-state index >= 15 is 0 Å². The van der Waals surface area contributed by atoms with Gasteiger partial charge in [-0.15, -0.1) is 0 Å². The van der Waals surface area contributed by atoms with Crippen molar-refractivity contribution in [3.05, 3.63) is 47.3 Å². The number of hydrogen-bond acceptors (Lipinski definition) is 5. The molecule has 3 heterocycles. The van der Waals surface area contributed by atoms with Crippen molar-refractivity contribution in [3.8, 4) is 0 Å². The summed E-state index contributed by atoms with van der Waals surface area (Å²) in [6, 6.07) is 8.72. The lowest BCUT2D eigenvalue weighted by Crippen LogP contribution is -2.49. The SMILES string of the molecule is CC[C@H]1[C@H](C)[C@@H](Nc2nccc(C)n2)c2cc(C3CCOCC3)ccc2N1C(C)=O. The Hall–Kier alpha value is -2.47. The Bertz CT molecular complexity index is 910. The van der Waals surface area contributed by atoms with Crippen molar-refractivity contribution in [1.82, 2.24) is 9.97 Å². The number of aromatic nitrogens is 2. The minimum absolute atomic E-state index is 0.0436. The molecular formula is C24H32N4O2. The molecule has 0 saturated carbocycles. The highest BCUT2D eigenvalue weighted by Gasteiger charge is 2.40. The zero-order valence-electron chi connectivity index (χ0n) is 18.4. The van der Waals surface area contributed by atoms with E-state index in [1.165, 1.54) is 5.56 Å². The standard InChI is InChI=1S/C24H32N4O2/c1-5-21-16(3)23(27-24-25-11-8-15(2)26-24)20-14-19(18-9-12-30-13-10-18)6-7-22(20)28(21)17(4)29/h6-8,11,14,16,18,21,23H,5,9-10,12-13H2,1-4H3,(H,25,26,27)/t16-,21-,23+/m0/s1. The molecular weight excluding hydrogens is 376 g/mol. The molecule has 6 nitrogen and oxygen atoms in total. The van der Waals surface area contributed by atoms with Gasteiger partial charge in [-0.05, 0) is 55.4 Å². The van der Waals surface area contributed by atoms with Crippen molar-refractivity contribution < 1.29 is 9.53 Å². The zero-order valence-corrected chi connectivity index (χ0v) is 18.4. The third-order valence-electron chi connectivity index (χ3n) is 6.64. The van der Waals surface area contributed by atoms with Crippen LogP contribution in [0.3, 0.4) is 0 Å². The Labute approximate surface area is 179 Å². The topological polar surface area (TPSA) is 67.4 Å². The molecule has 6 heteroatoms. The van der Waals surface area contributed by atoms with Gasteiger partial charge in [0.05, 0.1) is 6.04 Å². The fourth-order valence-corrected chi connectivity index (χ4v) is 5.07. The highest BCUT2D eigenvalue weighted by molar-refractivity contribution is 5.94. The van der Waals surface area contributed by atoms with Crippen molar-refractivity contribution in [1.29, 1.82) is 0 Å². The van der Waals surface area contributed by atoms with E-state index in [9.17, 15) is 4.79 Å². The van der Waals surface area contributed by atoms with E-state index in [-0.39, 0.29) is 23.9 Å². The second kappa shape index (κ2) is 8.72. The molecule has 160 valence electrons. The monoisotopic (exact) mass is 408 g/mol. The fraction of sp³-hybridized carbons (Fsp3) is 0.542. The van der Waals surface area contributed by atoms with Crippen LogP contribution in [0.4, 0.5) is 11.6 Å². The normalized spacial score (nSPS) is 24.4. The second-order valence-corrected chi connectivity index (χ2v) is 8.57. The first kappa shape index (κ1) is 20.8. The van der Waals surface area contributed by atoms with Crippen molar-refractivity contribution in [2.45, 2.75) is 65.0 Å². The number of carbonyl (C=O) groups excluding carboxylic acids is 1. The number of carbonyl (C=O) groups is 1. The van der Waals surface area contributed by atoms with E-state index in [0.717, 1.165) is 49.4 Å². The lowest BCUT2D eigenvalue weighted by atomic mass is 9.79. The number of amides is 1. The van der Waals surface area contributed by atoms with Crippen LogP contribution in [0.25, 0.3) is 0 Å². The molecule has 2 aliphatic rings. The first-order valence-electron chi connectivity index (χ1n) is 11.1. The van der Waals surface area contributed by atoms with Gasteiger partial charge in [-0.3, -0.25) is 4.79 Å². The van der Waals surface area contributed by atoms with E-state index in [0.29, 0.717) is 11.9 Å².